The summed E-state index contributed by atoms with van der Waals surface area (Å²) in [6.07, 6.45) is 44.0. The van der Waals surface area contributed by atoms with Crippen LogP contribution in [0.25, 0.3) is 51.3 Å². The molecule has 0 aliphatic heterocycles. The van der Waals surface area contributed by atoms with Gasteiger partial charge in [0.25, 0.3) is 0 Å². The smallest absolute Gasteiger partial charge is 0.00982 e. The molecule has 0 heteroatoms. The molecule has 0 spiro atoms. The van der Waals surface area contributed by atoms with E-state index in [-0.39, 0.29) is 0 Å². The van der Waals surface area contributed by atoms with Crippen molar-refractivity contribution in [2.24, 2.45) is 23.7 Å². The van der Waals surface area contributed by atoms with E-state index >= 15 is 0 Å². The van der Waals surface area contributed by atoms with E-state index in [0.717, 1.165) is 38.0 Å². The van der Waals surface area contributed by atoms with E-state index < -0.39 is 0 Å². The van der Waals surface area contributed by atoms with Crippen molar-refractivity contribution in [1.29, 1.82) is 0 Å². The van der Waals surface area contributed by atoms with Crippen molar-refractivity contribution in [3.8, 4) is 11.1 Å². The van der Waals surface area contributed by atoms with Gasteiger partial charge in [0.2, 0.25) is 0 Å². The van der Waals surface area contributed by atoms with E-state index in [4.69, 9.17) is 0 Å². The molecule has 0 nitrogen and oxygen atoms in total. The van der Waals surface area contributed by atoms with Gasteiger partial charge in [0, 0.05) is 5.92 Å². The van der Waals surface area contributed by atoms with Crippen LogP contribution in [0.15, 0.2) is 131 Å². The maximum atomic E-state index is 2.60. The molecule has 0 saturated carbocycles. The van der Waals surface area contributed by atoms with Gasteiger partial charge in [-0.2, -0.15) is 0 Å². The highest BCUT2D eigenvalue weighted by atomic mass is 14.4. The second kappa shape index (κ2) is 11.4. The predicted molar refractivity (Wildman–Crippen MR) is 211 cm³/mol. The zero-order valence-electron chi connectivity index (χ0n) is 28.9. The minimum absolute atomic E-state index is 0.512. The Morgan fingerprint density at radius 1 is 0.580 bits per heavy atom. The molecule has 3 aromatic carbocycles. The number of benzene rings is 3. The molecule has 4 unspecified atom stereocenters. The zero-order valence-corrected chi connectivity index (χ0v) is 28.9. The Morgan fingerprint density at radius 2 is 1.46 bits per heavy atom. The number of hydrogen-bond donors (Lipinski definition) is 0. The van der Waals surface area contributed by atoms with Gasteiger partial charge < -0.3 is 0 Å². The molecule has 4 atom stereocenters. The maximum Gasteiger partial charge on any atom is 0.00982 e. The van der Waals surface area contributed by atoms with Gasteiger partial charge in [-0.1, -0.05) is 121 Å². The molecule has 244 valence electrons. The first-order valence-corrected chi connectivity index (χ1v) is 19.5. The van der Waals surface area contributed by atoms with Gasteiger partial charge >= 0.3 is 0 Å². The standard InChI is InChI=1S/C50H44/c1-3-13-33-29-47-35(27-31(33)11-1)23-25-39-37(47)19-9-21-41(39)49-43-15-5-7-17-45(43)50(46-18-8-6-16-44(46)49)42-22-10-20-38-40(42)26-24-36-28-32-12-2-4-14-34(32)30-48(36)38/h1,3-5,7,10-11,14-20,22-23,25-27,30,32-33,36,47H,2,6,8-9,12-13,21,24,28-29H2. The van der Waals surface area contributed by atoms with Gasteiger partial charge in [0.05, 0.1) is 0 Å². The molecule has 0 bridgehead atoms. The molecule has 0 amide bonds. The lowest BCUT2D eigenvalue weighted by molar-refractivity contribution is 0.442. The molecule has 8 aliphatic rings. The van der Waals surface area contributed by atoms with Gasteiger partial charge in [-0.15, -0.1) is 0 Å². The number of rotatable bonds is 2. The molecular weight excluding hydrogens is 601 g/mol. The predicted octanol–water partition coefficient (Wildman–Crippen LogP) is 9.60. The monoisotopic (exact) mass is 644 g/mol. The lowest BCUT2D eigenvalue weighted by atomic mass is 9.66. The summed E-state index contributed by atoms with van der Waals surface area (Å²) >= 11 is 0. The lowest BCUT2D eigenvalue weighted by Crippen LogP contribution is -2.39. The van der Waals surface area contributed by atoms with Crippen molar-refractivity contribution in [1.82, 2.24) is 0 Å². The van der Waals surface area contributed by atoms with E-state index in [1.807, 2.05) is 0 Å². The van der Waals surface area contributed by atoms with Gasteiger partial charge in [-0.05, 0) is 169 Å². The zero-order chi connectivity index (χ0) is 32.8. The molecular formula is C50H44. The average molecular weight is 645 g/mol. The molecule has 0 radical (unpaired) electrons. The third kappa shape index (κ3) is 4.37. The Kier molecular flexibility index (Phi) is 6.65. The highest BCUT2D eigenvalue weighted by Gasteiger charge is 2.35. The summed E-state index contributed by atoms with van der Waals surface area (Å²) in [5.41, 5.74) is 15.2. The first-order valence-electron chi connectivity index (χ1n) is 19.5. The lowest BCUT2D eigenvalue weighted by Gasteiger charge is -2.38. The van der Waals surface area contributed by atoms with Crippen LogP contribution in [-0.4, -0.2) is 0 Å². The van der Waals surface area contributed by atoms with Crippen molar-refractivity contribution >= 4 is 40.1 Å². The van der Waals surface area contributed by atoms with Crippen molar-refractivity contribution < 1.29 is 0 Å². The first kappa shape index (κ1) is 29.1. The molecule has 8 aliphatic carbocycles. The molecule has 0 aromatic heterocycles. The molecule has 3 aromatic rings. The molecule has 0 saturated heterocycles. The second-order valence-corrected chi connectivity index (χ2v) is 15.9. The maximum absolute atomic E-state index is 2.60. The average Bonchev–Trinajstić information content (AvgIpc) is 3.18. The Bertz CT molecular complexity index is 2540. The van der Waals surface area contributed by atoms with Gasteiger partial charge in [-0.3, -0.25) is 0 Å². The van der Waals surface area contributed by atoms with Crippen LogP contribution in [0.5, 0.6) is 0 Å². The second-order valence-electron chi connectivity index (χ2n) is 15.9. The summed E-state index contributed by atoms with van der Waals surface area (Å²) in [6.45, 7) is 0. The van der Waals surface area contributed by atoms with Crippen molar-refractivity contribution in [3.05, 3.63) is 158 Å². The number of allylic oxidation sites excluding steroid dienone is 16. The number of hydrogen-bond acceptors (Lipinski definition) is 0. The molecule has 11 rings (SSSR count). The SMILES string of the molecule is C1=CCC2CC3C(=CC2=C1)C=CC1=C(c2c4c(c(-c5cccc6c5=CCC5CC7CCC=CC7=CC=65)c5ccccc25)=CCCC=4)CCC=C13. The van der Waals surface area contributed by atoms with Crippen LogP contribution in [0.1, 0.15) is 69.8 Å². The summed E-state index contributed by atoms with van der Waals surface area (Å²) < 4.78 is 0. The molecule has 0 heterocycles. The van der Waals surface area contributed by atoms with E-state index in [1.165, 1.54) is 97.2 Å². The molecule has 0 N–H and O–H groups in total. The minimum atomic E-state index is 0.512. The van der Waals surface area contributed by atoms with Crippen LogP contribution in [-0.2, 0) is 0 Å². The van der Waals surface area contributed by atoms with Gasteiger partial charge in [-0.25, -0.2) is 0 Å². The fourth-order valence-corrected chi connectivity index (χ4v) is 11.1. The van der Waals surface area contributed by atoms with Gasteiger partial charge in [0.1, 0.15) is 0 Å². The summed E-state index contributed by atoms with van der Waals surface area (Å²) in [5, 5.41) is 8.69. The molecule has 50 heavy (non-hydrogen) atoms. The van der Waals surface area contributed by atoms with Crippen molar-refractivity contribution in [2.75, 3.05) is 0 Å². The third-order valence-electron chi connectivity index (χ3n) is 13.3. The highest BCUT2D eigenvalue weighted by molar-refractivity contribution is 6.05. The van der Waals surface area contributed by atoms with Crippen molar-refractivity contribution in [2.45, 2.75) is 64.2 Å². The van der Waals surface area contributed by atoms with Crippen LogP contribution in [0, 0.1) is 23.7 Å². The largest absolute Gasteiger partial charge is 0.0842 e. The van der Waals surface area contributed by atoms with Crippen LogP contribution >= 0.6 is 0 Å². The third-order valence-corrected chi connectivity index (χ3v) is 13.3. The summed E-state index contributed by atoms with van der Waals surface area (Å²) in [6, 6.07) is 16.6. The Morgan fingerprint density at radius 3 is 2.38 bits per heavy atom. The van der Waals surface area contributed by atoms with Crippen LogP contribution in [0.3, 0.4) is 0 Å². The Balaban J connectivity index is 1.15. The Labute approximate surface area is 295 Å². The first-order chi connectivity index (χ1) is 24.8. The molecule has 0 fully saturated rings. The summed E-state index contributed by atoms with van der Waals surface area (Å²) in [4.78, 5) is 0. The summed E-state index contributed by atoms with van der Waals surface area (Å²) in [5.74, 6) is 2.55. The Hall–Kier alpha value is -4.68. The van der Waals surface area contributed by atoms with E-state index in [0.29, 0.717) is 17.8 Å². The van der Waals surface area contributed by atoms with E-state index in [2.05, 4.69) is 121 Å². The van der Waals surface area contributed by atoms with Crippen molar-refractivity contribution in [3.63, 3.8) is 0 Å². The normalized spacial score (nSPS) is 27.0. The minimum Gasteiger partial charge on any atom is -0.0842 e. The quantitative estimate of drug-likeness (QED) is 0.261. The van der Waals surface area contributed by atoms with E-state index in [9.17, 15) is 0 Å². The van der Waals surface area contributed by atoms with Gasteiger partial charge in [0.15, 0.2) is 0 Å². The topological polar surface area (TPSA) is 0 Å². The fraction of sp³-hybridized carbons (Fsp3) is 0.280. The van der Waals surface area contributed by atoms with Crippen LogP contribution in [0.4, 0.5) is 0 Å². The highest BCUT2D eigenvalue weighted by Crippen LogP contribution is 2.49. The summed E-state index contributed by atoms with van der Waals surface area (Å²) in [7, 11) is 0. The van der Waals surface area contributed by atoms with Crippen LogP contribution < -0.4 is 20.9 Å². The fourth-order valence-electron chi connectivity index (χ4n) is 11.1. The van der Waals surface area contributed by atoms with Crippen LogP contribution in [0.2, 0.25) is 0 Å². The number of fused-ring (bicyclic) bond motifs is 9. The van der Waals surface area contributed by atoms with E-state index in [1.54, 1.807) is 22.3 Å².